The fourth-order valence-electron chi connectivity index (χ4n) is 3.57. The summed E-state index contributed by atoms with van der Waals surface area (Å²) in [5.74, 6) is 1.13. The van der Waals surface area contributed by atoms with Crippen molar-refractivity contribution in [2.45, 2.75) is 33.1 Å². The fraction of sp³-hybridized carbons (Fsp3) is 0.579. The first-order valence-electron chi connectivity index (χ1n) is 8.74. The van der Waals surface area contributed by atoms with E-state index in [1.807, 2.05) is 35.8 Å². The Bertz CT molecular complexity index is 644. The number of rotatable bonds is 3. The largest absolute Gasteiger partial charge is 0.496 e. The van der Waals surface area contributed by atoms with E-state index in [9.17, 15) is 9.59 Å². The first-order valence-corrected chi connectivity index (χ1v) is 8.74. The van der Waals surface area contributed by atoms with Crippen LogP contribution in [0, 0.1) is 19.8 Å². The van der Waals surface area contributed by atoms with Crippen LogP contribution in [0.3, 0.4) is 0 Å². The van der Waals surface area contributed by atoms with Gasteiger partial charge in [-0.05, 0) is 43.9 Å². The maximum atomic E-state index is 12.9. The molecule has 1 aliphatic heterocycles. The Morgan fingerprint density at radius 2 is 1.67 bits per heavy atom. The molecule has 1 aromatic carbocycles. The van der Waals surface area contributed by atoms with Crippen molar-refractivity contribution < 1.29 is 14.3 Å². The van der Waals surface area contributed by atoms with Gasteiger partial charge < -0.3 is 14.5 Å². The number of ether oxygens (including phenoxy) is 1. The summed E-state index contributed by atoms with van der Waals surface area (Å²) in [5, 5.41) is 0. The van der Waals surface area contributed by atoms with Gasteiger partial charge in [0, 0.05) is 32.1 Å². The van der Waals surface area contributed by atoms with E-state index in [-0.39, 0.29) is 17.7 Å². The van der Waals surface area contributed by atoms with Gasteiger partial charge in [-0.15, -0.1) is 0 Å². The van der Waals surface area contributed by atoms with Crippen LogP contribution in [0.25, 0.3) is 0 Å². The van der Waals surface area contributed by atoms with Crippen LogP contribution in [0.1, 0.15) is 40.7 Å². The number of nitrogens with zero attached hydrogens (tertiary/aromatic N) is 2. The number of piperazine rings is 1. The van der Waals surface area contributed by atoms with Crippen LogP contribution < -0.4 is 4.74 Å². The molecule has 1 heterocycles. The molecule has 5 nitrogen and oxygen atoms in total. The average Bonchev–Trinajstić information content (AvgIpc) is 2.52. The second kappa shape index (κ2) is 6.83. The molecule has 1 saturated heterocycles. The standard InChI is InChI=1S/C19H26N2O3/c1-13-11-14(2)17(16(12-13)24-3)19(23)21-9-7-20(8-10-21)18(22)15-5-4-6-15/h11-12,15H,4-10H2,1-3H3. The van der Waals surface area contributed by atoms with Crippen LogP contribution in [0.15, 0.2) is 12.1 Å². The maximum absolute atomic E-state index is 12.9. The van der Waals surface area contributed by atoms with Gasteiger partial charge in [-0.25, -0.2) is 0 Å². The molecule has 1 saturated carbocycles. The van der Waals surface area contributed by atoms with Gasteiger partial charge in [0.2, 0.25) is 5.91 Å². The zero-order valence-electron chi connectivity index (χ0n) is 14.8. The normalized spacial score (nSPS) is 18.3. The van der Waals surface area contributed by atoms with Crippen molar-refractivity contribution in [1.82, 2.24) is 9.80 Å². The summed E-state index contributed by atoms with van der Waals surface area (Å²) in [6.07, 6.45) is 3.22. The lowest BCUT2D eigenvalue weighted by atomic mass is 9.84. The molecular weight excluding hydrogens is 304 g/mol. The summed E-state index contributed by atoms with van der Waals surface area (Å²) in [6.45, 7) is 6.39. The lowest BCUT2D eigenvalue weighted by molar-refractivity contribution is -0.139. The monoisotopic (exact) mass is 330 g/mol. The molecule has 0 spiro atoms. The van der Waals surface area contributed by atoms with Crippen molar-refractivity contribution in [1.29, 1.82) is 0 Å². The molecular formula is C19H26N2O3. The third kappa shape index (κ3) is 3.12. The lowest BCUT2D eigenvalue weighted by Gasteiger charge is -2.38. The summed E-state index contributed by atoms with van der Waals surface area (Å²) in [4.78, 5) is 29.0. The molecule has 130 valence electrons. The van der Waals surface area contributed by atoms with Crippen LogP contribution in [-0.2, 0) is 4.79 Å². The number of amides is 2. The smallest absolute Gasteiger partial charge is 0.258 e. The molecule has 0 atom stereocenters. The first-order chi connectivity index (χ1) is 11.5. The number of carbonyl (C=O) groups excluding carboxylic acids is 2. The number of hydrogen-bond donors (Lipinski definition) is 0. The minimum absolute atomic E-state index is 0.0000862. The summed E-state index contributed by atoms with van der Waals surface area (Å²) in [5.41, 5.74) is 2.66. The highest BCUT2D eigenvalue weighted by molar-refractivity contribution is 5.98. The fourth-order valence-corrected chi connectivity index (χ4v) is 3.57. The van der Waals surface area contributed by atoms with Crippen LogP contribution in [0.5, 0.6) is 5.75 Å². The van der Waals surface area contributed by atoms with Gasteiger partial charge in [-0.1, -0.05) is 12.5 Å². The van der Waals surface area contributed by atoms with Gasteiger partial charge in [0.1, 0.15) is 5.75 Å². The quantitative estimate of drug-likeness (QED) is 0.855. The summed E-state index contributed by atoms with van der Waals surface area (Å²) < 4.78 is 5.42. The van der Waals surface area contributed by atoms with E-state index in [4.69, 9.17) is 4.74 Å². The van der Waals surface area contributed by atoms with Gasteiger partial charge in [0.05, 0.1) is 12.7 Å². The number of methoxy groups -OCH3 is 1. The molecule has 0 N–H and O–H groups in total. The van der Waals surface area contributed by atoms with Crippen molar-refractivity contribution in [2.75, 3.05) is 33.3 Å². The zero-order valence-corrected chi connectivity index (χ0v) is 14.8. The number of benzene rings is 1. The predicted molar refractivity (Wildman–Crippen MR) is 92.3 cm³/mol. The zero-order chi connectivity index (χ0) is 17.3. The Labute approximate surface area is 143 Å². The molecule has 0 bridgehead atoms. The van der Waals surface area contributed by atoms with Crippen molar-refractivity contribution in [3.63, 3.8) is 0 Å². The Hall–Kier alpha value is -2.04. The molecule has 24 heavy (non-hydrogen) atoms. The highest BCUT2D eigenvalue weighted by Crippen LogP contribution is 2.29. The van der Waals surface area contributed by atoms with Crippen molar-refractivity contribution in [3.05, 3.63) is 28.8 Å². The first kappa shape index (κ1) is 16.8. The topological polar surface area (TPSA) is 49.9 Å². The molecule has 2 aliphatic rings. The van der Waals surface area contributed by atoms with Gasteiger partial charge >= 0.3 is 0 Å². The van der Waals surface area contributed by atoms with E-state index < -0.39 is 0 Å². The molecule has 1 aromatic rings. The minimum atomic E-state index is 0.0000862. The maximum Gasteiger partial charge on any atom is 0.258 e. The van der Waals surface area contributed by atoms with Crippen LogP contribution in [-0.4, -0.2) is 54.9 Å². The molecule has 0 unspecified atom stereocenters. The van der Waals surface area contributed by atoms with Crippen LogP contribution in [0.2, 0.25) is 0 Å². The second-order valence-electron chi connectivity index (χ2n) is 6.90. The molecule has 2 fully saturated rings. The highest BCUT2D eigenvalue weighted by Gasteiger charge is 2.32. The lowest BCUT2D eigenvalue weighted by Crippen LogP contribution is -2.52. The van der Waals surface area contributed by atoms with Gasteiger partial charge in [-0.2, -0.15) is 0 Å². The van der Waals surface area contributed by atoms with Gasteiger partial charge in [-0.3, -0.25) is 9.59 Å². The highest BCUT2D eigenvalue weighted by atomic mass is 16.5. The van der Waals surface area contributed by atoms with Crippen molar-refractivity contribution in [3.8, 4) is 5.75 Å². The summed E-state index contributed by atoms with van der Waals surface area (Å²) >= 11 is 0. The van der Waals surface area contributed by atoms with Crippen LogP contribution in [0.4, 0.5) is 0 Å². The van der Waals surface area contributed by atoms with Crippen molar-refractivity contribution in [2.24, 2.45) is 5.92 Å². The number of hydrogen-bond acceptors (Lipinski definition) is 3. The van der Waals surface area contributed by atoms with E-state index in [0.717, 1.165) is 24.0 Å². The molecule has 0 aromatic heterocycles. The average molecular weight is 330 g/mol. The van der Waals surface area contributed by atoms with Gasteiger partial charge in [0.25, 0.3) is 5.91 Å². The number of aryl methyl sites for hydroxylation is 2. The van der Waals surface area contributed by atoms with Gasteiger partial charge in [0.15, 0.2) is 0 Å². The van der Waals surface area contributed by atoms with E-state index in [1.165, 1.54) is 6.42 Å². The molecule has 3 rings (SSSR count). The summed E-state index contributed by atoms with van der Waals surface area (Å²) in [6, 6.07) is 3.91. The molecule has 1 aliphatic carbocycles. The molecule has 2 amide bonds. The van der Waals surface area contributed by atoms with E-state index in [0.29, 0.717) is 37.5 Å². The molecule has 0 radical (unpaired) electrons. The SMILES string of the molecule is COc1cc(C)cc(C)c1C(=O)N1CCN(C(=O)C2CCC2)CC1. The Morgan fingerprint density at radius 3 is 2.21 bits per heavy atom. The third-order valence-electron chi connectivity index (χ3n) is 5.21. The second-order valence-corrected chi connectivity index (χ2v) is 6.90. The Morgan fingerprint density at radius 1 is 1.04 bits per heavy atom. The number of carbonyl (C=O) groups is 2. The Kier molecular flexibility index (Phi) is 4.78. The van der Waals surface area contributed by atoms with E-state index in [1.54, 1.807) is 7.11 Å². The Balaban J connectivity index is 1.68. The summed E-state index contributed by atoms with van der Waals surface area (Å²) in [7, 11) is 1.60. The van der Waals surface area contributed by atoms with E-state index in [2.05, 4.69) is 0 Å². The predicted octanol–water partition coefficient (Wildman–Crippen LogP) is 2.40. The minimum Gasteiger partial charge on any atom is -0.496 e. The third-order valence-corrected chi connectivity index (χ3v) is 5.21. The van der Waals surface area contributed by atoms with Crippen molar-refractivity contribution >= 4 is 11.8 Å². The van der Waals surface area contributed by atoms with Crippen LogP contribution >= 0.6 is 0 Å². The molecule has 5 heteroatoms. The van der Waals surface area contributed by atoms with E-state index >= 15 is 0 Å².